The van der Waals surface area contributed by atoms with Crippen molar-refractivity contribution in [1.29, 1.82) is 0 Å². The Balaban J connectivity index is 3.18. The maximum absolute atomic E-state index is 14.0. The van der Waals surface area contributed by atoms with Gasteiger partial charge in [0.25, 0.3) is 0 Å². The number of carbonyl (C=O) groups excluding carboxylic acids is 14. The normalized spacial score (nSPS) is 15.4. The smallest absolute Gasteiger partial charge is 0.326 e. The maximum atomic E-state index is 14.0. The summed E-state index contributed by atoms with van der Waals surface area (Å²) in [4.78, 5) is 200. The topological polar surface area (TPSA) is 684 Å². The predicted molar refractivity (Wildman–Crippen MR) is 334 cm³/mol. The average molecular weight is 1370 g/mol. The van der Waals surface area contributed by atoms with Gasteiger partial charge in [0, 0.05) is 19.4 Å². The zero-order chi connectivity index (χ0) is 73.3. The van der Waals surface area contributed by atoms with Gasteiger partial charge < -0.3 is 128 Å². The summed E-state index contributed by atoms with van der Waals surface area (Å²) in [6.07, 6.45) is -3.31. The van der Waals surface area contributed by atoms with Crippen molar-refractivity contribution in [3.8, 4) is 5.75 Å². The molecule has 14 amide bonds. The quantitative estimate of drug-likeness (QED) is 0.0164. The summed E-state index contributed by atoms with van der Waals surface area (Å²) in [6, 6.07) is -14.8. The minimum absolute atomic E-state index is 0.00308. The highest BCUT2D eigenvalue weighted by molar-refractivity contribution is 6.00. The Kier molecular flexibility index (Phi) is 37.2. The largest absolute Gasteiger partial charge is 0.508 e. The molecule has 1 rings (SSSR count). The van der Waals surface area contributed by atoms with Gasteiger partial charge in [0.05, 0.1) is 45.5 Å². The second-order valence-electron chi connectivity index (χ2n) is 22.4. The number of hydrogen-bond donors (Lipinski definition) is 24. The van der Waals surface area contributed by atoms with Crippen LogP contribution in [0.25, 0.3) is 0 Å². The standard InChI is InChI=1S/C56H92N18O22/c1-7-25(4)43(74-51(91)35(21-76)65-40(83)19-63-45(85)34(20-75)71-50(90)37(23-78)72-46(86)30(9-8-16-62-56(60)61)66-52(92)41(59)27(6)79)54(94)64-26(5)44(84)70-36(22-77)49(89)69-33(18-39(58)82)47(87)68-32(17-28-10-12-29(80)13-11-28)48(88)73-42(24(2)3)53(93)67-31(55(95)96)14-15-38(57)81/h10-13,24-27,30-37,41-43,75-80H,7-9,14-23,59H2,1-6H3,(H2,57,81)(H2,58,82)(H,63,85)(H,64,94)(H,65,83)(H,66,92)(H,67,93)(H,68,87)(H,69,89)(H,70,84)(H,71,90)(H,72,86)(H,73,88)(H,74,91)(H,95,96)(H4,60,61,62)/t25-,26-,27+,30-,31-,32-,33-,34-,35-,36-,37-,41-,42-,43-/m0/s1. The lowest BCUT2D eigenvalue weighted by molar-refractivity contribution is -0.143. The Bertz CT molecular complexity index is 2900. The summed E-state index contributed by atoms with van der Waals surface area (Å²) in [5.41, 5.74) is 27.2. The molecular formula is C56H92N18O22. The molecule has 0 spiro atoms. The third-order valence-corrected chi connectivity index (χ3v) is 14.2. The minimum atomic E-state index is -1.94. The van der Waals surface area contributed by atoms with Crippen LogP contribution in [0.15, 0.2) is 29.3 Å². The van der Waals surface area contributed by atoms with E-state index in [9.17, 15) is 108 Å². The summed E-state index contributed by atoms with van der Waals surface area (Å²) < 4.78 is 0. The van der Waals surface area contributed by atoms with Crippen molar-refractivity contribution in [3.63, 3.8) is 0 Å². The Morgan fingerprint density at radius 3 is 1.42 bits per heavy atom. The van der Waals surface area contributed by atoms with Crippen LogP contribution < -0.4 is 92.5 Å². The van der Waals surface area contributed by atoms with Crippen LogP contribution in [0.1, 0.15) is 85.6 Å². The highest BCUT2D eigenvalue weighted by Gasteiger charge is 2.37. The van der Waals surface area contributed by atoms with Crippen LogP contribution >= 0.6 is 0 Å². The first kappa shape index (κ1) is 84.1. The number of nitrogens with zero attached hydrogens (tertiary/aromatic N) is 1. The number of aliphatic carboxylic acids is 1. The number of carboxylic acid groups (broad SMARTS) is 1. The number of carboxylic acids is 1. The number of rotatable bonds is 44. The number of nitrogens with one attached hydrogen (secondary N) is 12. The summed E-state index contributed by atoms with van der Waals surface area (Å²) in [7, 11) is 0. The van der Waals surface area contributed by atoms with Gasteiger partial charge in [0.1, 0.15) is 78.3 Å². The summed E-state index contributed by atoms with van der Waals surface area (Å²) in [5.74, 6) is -19.0. The second kappa shape index (κ2) is 42.4. The lowest BCUT2D eigenvalue weighted by Gasteiger charge is -2.28. The van der Waals surface area contributed by atoms with Crippen molar-refractivity contribution >= 4 is 94.6 Å². The molecule has 0 aliphatic carbocycles. The molecular weight excluding hydrogens is 1280 g/mol. The fourth-order valence-corrected chi connectivity index (χ4v) is 8.36. The molecule has 40 heteroatoms. The molecule has 96 heavy (non-hydrogen) atoms. The number of amides is 14. The van der Waals surface area contributed by atoms with Gasteiger partial charge in [-0.15, -0.1) is 0 Å². The van der Waals surface area contributed by atoms with Crippen molar-refractivity contribution < 1.29 is 108 Å². The average Bonchev–Trinajstić information content (AvgIpc) is 0.889. The van der Waals surface area contributed by atoms with Gasteiger partial charge >= 0.3 is 5.97 Å². The second-order valence-corrected chi connectivity index (χ2v) is 22.4. The molecule has 0 radical (unpaired) electrons. The number of aliphatic hydroxyl groups excluding tert-OH is 5. The van der Waals surface area contributed by atoms with Gasteiger partial charge in [-0.3, -0.25) is 72.1 Å². The fraction of sp³-hybridized carbons (Fsp3) is 0.607. The molecule has 1 aromatic carbocycles. The first-order valence-corrected chi connectivity index (χ1v) is 30.1. The van der Waals surface area contributed by atoms with Gasteiger partial charge in [-0.1, -0.05) is 46.2 Å². The van der Waals surface area contributed by atoms with Crippen molar-refractivity contribution in [2.45, 2.75) is 165 Å². The Labute approximate surface area is 550 Å². The molecule has 0 heterocycles. The van der Waals surface area contributed by atoms with Gasteiger partial charge in [-0.05, 0) is 62.6 Å². The van der Waals surface area contributed by atoms with Crippen molar-refractivity contribution in [2.75, 3.05) is 39.5 Å². The number of hydrogen-bond acceptors (Lipinski definition) is 23. The molecule has 0 aromatic heterocycles. The van der Waals surface area contributed by atoms with E-state index in [2.05, 4.69) is 68.8 Å². The van der Waals surface area contributed by atoms with Crippen molar-refractivity contribution in [3.05, 3.63) is 29.8 Å². The van der Waals surface area contributed by atoms with Crippen LogP contribution in [-0.4, -0.2) is 248 Å². The Hall–Kier alpha value is -9.90. The molecule has 538 valence electrons. The van der Waals surface area contributed by atoms with E-state index in [0.717, 1.165) is 6.92 Å². The van der Waals surface area contributed by atoms with E-state index in [-0.39, 0.29) is 43.9 Å². The Morgan fingerprint density at radius 1 is 0.490 bits per heavy atom. The summed E-state index contributed by atoms with van der Waals surface area (Å²) in [5, 5.41) is 96.4. The van der Waals surface area contributed by atoms with Gasteiger partial charge in [0.2, 0.25) is 82.7 Å². The highest BCUT2D eigenvalue weighted by atomic mass is 16.4. The molecule has 0 aliphatic heterocycles. The predicted octanol–water partition coefficient (Wildman–Crippen LogP) is -11.9. The number of aliphatic imine (C=N–C) groups is 1. The monoisotopic (exact) mass is 1370 g/mol. The number of guanidine groups is 1. The van der Waals surface area contributed by atoms with Crippen LogP contribution in [0.2, 0.25) is 0 Å². The third-order valence-electron chi connectivity index (χ3n) is 14.2. The zero-order valence-electron chi connectivity index (χ0n) is 53.8. The molecule has 0 saturated carbocycles. The van der Waals surface area contributed by atoms with Crippen molar-refractivity contribution in [2.24, 2.45) is 45.5 Å². The van der Waals surface area contributed by atoms with E-state index < -0.39 is 231 Å². The number of aromatic hydroxyl groups is 1. The van der Waals surface area contributed by atoms with Gasteiger partial charge in [-0.2, -0.15) is 0 Å². The number of phenolic OH excluding ortho intramolecular Hbond substituents is 1. The number of benzene rings is 1. The zero-order valence-corrected chi connectivity index (χ0v) is 53.8. The SMILES string of the molecule is CC[C@H](C)[C@H](NC(=O)[C@H](CO)NC(=O)CNC(=O)[C@H](CO)NC(=O)[C@H](CO)NC(=O)[C@H](CCCN=C(N)N)NC(=O)[C@@H](N)[C@@H](C)O)C(=O)N[C@@H](C)C(=O)N[C@@H](CO)C(=O)N[C@@H](CC(N)=O)C(=O)N[C@@H](Cc1ccc(O)cc1)C(=O)N[C@H](C(=O)N[C@@H](CCC(N)=O)C(=O)O)C(C)C. The Morgan fingerprint density at radius 2 is 0.927 bits per heavy atom. The molecule has 0 aliphatic rings. The van der Waals surface area contributed by atoms with Crippen LogP contribution in [0, 0.1) is 11.8 Å². The first-order chi connectivity index (χ1) is 44.9. The van der Waals surface area contributed by atoms with Crippen LogP contribution in [0.3, 0.4) is 0 Å². The molecule has 0 saturated heterocycles. The molecule has 14 atom stereocenters. The molecule has 0 bridgehead atoms. The first-order valence-electron chi connectivity index (χ1n) is 30.1. The number of nitrogens with two attached hydrogens (primary N) is 5. The molecule has 29 N–H and O–H groups in total. The number of aliphatic hydroxyl groups is 5. The number of primary amides is 2. The molecule has 0 unspecified atom stereocenters. The van der Waals surface area contributed by atoms with Crippen LogP contribution in [-0.2, 0) is 78.3 Å². The molecule has 40 nitrogen and oxygen atoms in total. The van der Waals surface area contributed by atoms with E-state index in [1.54, 1.807) is 6.92 Å². The number of carbonyl (C=O) groups is 15. The molecule has 0 fully saturated rings. The van der Waals surface area contributed by atoms with Crippen molar-refractivity contribution in [1.82, 2.24) is 63.8 Å². The lowest BCUT2D eigenvalue weighted by Crippen LogP contribution is -2.62. The molecule has 1 aromatic rings. The fourth-order valence-electron chi connectivity index (χ4n) is 8.36. The van der Waals surface area contributed by atoms with E-state index in [4.69, 9.17) is 28.7 Å². The van der Waals surface area contributed by atoms with E-state index in [1.807, 2.05) is 0 Å². The summed E-state index contributed by atoms with van der Waals surface area (Å²) in [6.45, 7) is 3.01. The van der Waals surface area contributed by atoms with Gasteiger partial charge in [-0.25, -0.2) is 4.79 Å². The van der Waals surface area contributed by atoms with Gasteiger partial charge in [0.15, 0.2) is 5.96 Å². The number of phenols is 1. The van der Waals surface area contributed by atoms with E-state index in [0.29, 0.717) is 5.56 Å². The van der Waals surface area contributed by atoms with E-state index >= 15 is 0 Å². The van der Waals surface area contributed by atoms with E-state index in [1.165, 1.54) is 52.0 Å². The highest BCUT2D eigenvalue weighted by Crippen LogP contribution is 2.14. The van der Waals surface area contributed by atoms with Crippen LogP contribution in [0.5, 0.6) is 5.75 Å². The summed E-state index contributed by atoms with van der Waals surface area (Å²) >= 11 is 0. The van der Waals surface area contributed by atoms with Crippen LogP contribution in [0.4, 0.5) is 0 Å². The minimum Gasteiger partial charge on any atom is -0.508 e. The maximum Gasteiger partial charge on any atom is 0.326 e. The lowest BCUT2D eigenvalue weighted by atomic mass is 9.97. The third kappa shape index (κ3) is 30.0.